The van der Waals surface area contributed by atoms with Crippen LogP contribution in [0.5, 0.6) is 0 Å². The molecule has 0 aromatic carbocycles. The van der Waals surface area contributed by atoms with Crippen LogP contribution in [-0.4, -0.2) is 16.2 Å². The van der Waals surface area contributed by atoms with Gasteiger partial charge in [-0.15, -0.1) is 0 Å². The maximum atomic E-state index is 5.94. The molecule has 2 N–H and O–H groups in total. The van der Waals surface area contributed by atoms with Crippen LogP contribution >= 0.6 is 0 Å². The van der Waals surface area contributed by atoms with Crippen LogP contribution in [0.3, 0.4) is 0 Å². The fourth-order valence-corrected chi connectivity index (χ4v) is 2.78. The summed E-state index contributed by atoms with van der Waals surface area (Å²) in [6.45, 7) is 6.39. The zero-order chi connectivity index (χ0) is 12.4. The van der Waals surface area contributed by atoms with Crippen molar-refractivity contribution in [3.63, 3.8) is 0 Å². The number of aromatic nitrogens is 2. The second kappa shape index (κ2) is 5.17. The normalized spacial score (nSPS) is 28.2. The summed E-state index contributed by atoms with van der Waals surface area (Å²) >= 11 is 0. The molecule has 1 aliphatic rings. The largest absolute Gasteiger partial charge is 0.339 e. The second-order valence-electron chi connectivity index (χ2n) is 5.48. The van der Waals surface area contributed by atoms with Crippen LogP contribution in [0.2, 0.25) is 0 Å². The van der Waals surface area contributed by atoms with Gasteiger partial charge in [0.05, 0.1) is 5.92 Å². The maximum Gasteiger partial charge on any atom is 0.231 e. The maximum absolute atomic E-state index is 5.94. The van der Waals surface area contributed by atoms with Gasteiger partial charge < -0.3 is 10.3 Å². The van der Waals surface area contributed by atoms with Crippen LogP contribution in [-0.2, 0) is 0 Å². The molecular formula is C13H23N3O. The number of hydrogen-bond donors (Lipinski definition) is 1. The Morgan fingerprint density at radius 3 is 2.76 bits per heavy atom. The highest BCUT2D eigenvalue weighted by molar-refractivity contribution is 5.03. The highest BCUT2D eigenvalue weighted by Crippen LogP contribution is 2.37. The number of hydrogen-bond acceptors (Lipinski definition) is 4. The van der Waals surface area contributed by atoms with Crippen LogP contribution in [0.1, 0.15) is 70.0 Å². The summed E-state index contributed by atoms with van der Waals surface area (Å²) in [5.74, 6) is 3.08. The van der Waals surface area contributed by atoms with E-state index in [1.54, 1.807) is 0 Å². The van der Waals surface area contributed by atoms with E-state index in [0.29, 0.717) is 5.92 Å². The minimum Gasteiger partial charge on any atom is -0.339 e. The lowest BCUT2D eigenvalue weighted by Gasteiger charge is -2.13. The van der Waals surface area contributed by atoms with E-state index in [-0.39, 0.29) is 12.0 Å². The van der Waals surface area contributed by atoms with Crippen LogP contribution in [0.15, 0.2) is 4.52 Å². The van der Waals surface area contributed by atoms with E-state index in [1.807, 2.05) is 6.92 Å². The van der Waals surface area contributed by atoms with Gasteiger partial charge in [0.25, 0.3) is 0 Å². The molecule has 4 atom stereocenters. The first-order valence-corrected chi connectivity index (χ1v) is 6.70. The molecule has 0 bridgehead atoms. The highest BCUT2D eigenvalue weighted by atomic mass is 16.5. The summed E-state index contributed by atoms with van der Waals surface area (Å²) < 4.78 is 5.39. The molecule has 0 aliphatic heterocycles. The molecule has 17 heavy (non-hydrogen) atoms. The van der Waals surface area contributed by atoms with Crippen LogP contribution in [0, 0.1) is 5.92 Å². The lowest BCUT2D eigenvalue weighted by Crippen LogP contribution is -2.24. The van der Waals surface area contributed by atoms with Crippen molar-refractivity contribution in [2.45, 2.75) is 64.3 Å². The summed E-state index contributed by atoms with van der Waals surface area (Å²) in [5, 5.41) is 4.14. The molecule has 96 valence electrons. The summed E-state index contributed by atoms with van der Waals surface area (Å²) in [4.78, 5) is 4.56. The Hall–Kier alpha value is -0.900. The molecule has 4 nitrogen and oxygen atoms in total. The van der Waals surface area contributed by atoms with Crippen molar-refractivity contribution in [2.75, 3.05) is 0 Å². The fourth-order valence-electron chi connectivity index (χ4n) is 2.78. The molecule has 4 unspecified atom stereocenters. The van der Waals surface area contributed by atoms with Crippen molar-refractivity contribution in [2.24, 2.45) is 11.7 Å². The first-order chi connectivity index (χ1) is 8.11. The molecule has 0 amide bonds. The molecule has 1 aromatic heterocycles. The quantitative estimate of drug-likeness (QED) is 0.874. The average Bonchev–Trinajstić information content (AvgIpc) is 2.87. The van der Waals surface area contributed by atoms with Gasteiger partial charge in [-0.2, -0.15) is 4.98 Å². The van der Waals surface area contributed by atoms with Crippen LogP contribution < -0.4 is 5.73 Å². The first-order valence-electron chi connectivity index (χ1n) is 6.70. The minimum atomic E-state index is 0.0656. The molecule has 0 spiro atoms. The molecule has 1 aliphatic carbocycles. The Balaban J connectivity index is 2.10. The van der Waals surface area contributed by atoms with E-state index in [2.05, 4.69) is 24.0 Å². The van der Waals surface area contributed by atoms with Gasteiger partial charge in [0.2, 0.25) is 5.89 Å². The molecule has 2 rings (SSSR count). The Labute approximate surface area is 103 Å². The third-order valence-corrected chi connectivity index (χ3v) is 3.91. The Morgan fingerprint density at radius 2 is 2.24 bits per heavy atom. The Morgan fingerprint density at radius 1 is 1.47 bits per heavy atom. The lowest BCUT2D eigenvalue weighted by atomic mass is 9.99. The van der Waals surface area contributed by atoms with E-state index in [0.717, 1.165) is 24.1 Å². The van der Waals surface area contributed by atoms with E-state index in [9.17, 15) is 0 Å². The molecule has 1 aromatic rings. The molecule has 4 heteroatoms. The van der Waals surface area contributed by atoms with Gasteiger partial charge in [-0.05, 0) is 38.5 Å². The average molecular weight is 237 g/mol. The van der Waals surface area contributed by atoms with E-state index in [1.165, 1.54) is 19.3 Å². The molecule has 0 saturated heterocycles. The Bertz CT molecular complexity index is 361. The van der Waals surface area contributed by atoms with Crippen LogP contribution in [0.4, 0.5) is 0 Å². The zero-order valence-electron chi connectivity index (χ0n) is 11.0. The molecule has 1 saturated carbocycles. The van der Waals surface area contributed by atoms with Crippen molar-refractivity contribution in [3.05, 3.63) is 11.7 Å². The predicted molar refractivity (Wildman–Crippen MR) is 66.7 cm³/mol. The van der Waals surface area contributed by atoms with Gasteiger partial charge in [-0.25, -0.2) is 0 Å². The summed E-state index contributed by atoms with van der Waals surface area (Å²) in [6.07, 6.45) is 4.60. The van der Waals surface area contributed by atoms with Crippen LogP contribution in [0.25, 0.3) is 0 Å². The van der Waals surface area contributed by atoms with Crippen molar-refractivity contribution < 1.29 is 4.52 Å². The predicted octanol–water partition coefficient (Wildman–Crippen LogP) is 2.81. The van der Waals surface area contributed by atoms with Gasteiger partial charge in [0.15, 0.2) is 5.82 Å². The third kappa shape index (κ3) is 2.68. The SMILES string of the molecule is CCC(c1nc(C2CCC(C)C2)no1)C(C)N. The third-order valence-electron chi connectivity index (χ3n) is 3.91. The molecule has 1 heterocycles. The summed E-state index contributed by atoms with van der Waals surface area (Å²) in [6, 6.07) is 0.0656. The second-order valence-corrected chi connectivity index (χ2v) is 5.48. The zero-order valence-corrected chi connectivity index (χ0v) is 11.0. The fraction of sp³-hybridized carbons (Fsp3) is 0.846. The number of nitrogens with two attached hydrogens (primary N) is 1. The summed E-state index contributed by atoms with van der Waals surface area (Å²) in [7, 11) is 0. The standard InChI is InChI=1S/C13H23N3O/c1-4-11(9(3)14)13-15-12(16-17-13)10-6-5-8(2)7-10/h8-11H,4-7,14H2,1-3H3. The van der Waals surface area contributed by atoms with Crippen molar-refractivity contribution in [1.29, 1.82) is 0 Å². The number of rotatable bonds is 4. The molecular weight excluding hydrogens is 214 g/mol. The van der Waals surface area contributed by atoms with Crippen molar-refractivity contribution >= 4 is 0 Å². The van der Waals surface area contributed by atoms with Crippen molar-refractivity contribution in [1.82, 2.24) is 10.1 Å². The smallest absolute Gasteiger partial charge is 0.231 e. The topological polar surface area (TPSA) is 64.9 Å². The van der Waals surface area contributed by atoms with Gasteiger partial charge >= 0.3 is 0 Å². The van der Waals surface area contributed by atoms with Crippen molar-refractivity contribution in [3.8, 4) is 0 Å². The van der Waals surface area contributed by atoms with E-state index >= 15 is 0 Å². The minimum absolute atomic E-state index is 0.0656. The summed E-state index contributed by atoms with van der Waals surface area (Å²) in [5.41, 5.74) is 5.94. The Kier molecular flexibility index (Phi) is 3.82. The van der Waals surface area contributed by atoms with Gasteiger partial charge in [-0.1, -0.05) is 19.0 Å². The van der Waals surface area contributed by atoms with Gasteiger partial charge in [0.1, 0.15) is 0 Å². The van der Waals surface area contributed by atoms with E-state index in [4.69, 9.17) is 10.3 Å². The number of nitrogens with zero attached hydrogens (tertiary/aromatic N) is 2. The first kappa shape index (κ1) is 12.6. The monoisotopic (exact) mass is 237 g/mol. The lowest BCUT2D eigenvalue weighted by molar-refractivity contribution is 0.329. The van der Waals surface area contributed by atoms with E-state index < -0.39 is 0 Å². The molecule has 0 radical (unpaired) electrons. The van der Waals surface area contributed by atoms with Gasteiger partial charge in [-0.3, -0.25) is 0 Å². The molecule has 1 fully saturated rings. The highest BCUT2D eigenvalue weighted by Gasteiger charge is 2.28. The van der Waals surface area contributed by atoms with Gasteiger partial charge in [0, 0.05) is 12.0 Å².